The van der Waals surface area contributed by atoms with E-state index in [-0.39, 0.29) is 0 Å². The Morgan fingerprint density at radius 1 is 1.05 bits per heavy atom. The molecule has 0 radical (unpaired) electrons. The highest BCUT2D eigenvalue weighted by molar-refractivity contribution is 7.99. The lowest BCUT2D eigenvalue weighted by Crippen LogP contribution is -1.82. The second kappa shape index (κ2) is 6.04. The number of rotatable bonds is 3. The van der Waals surface area contributed by atoms with Crippen molar-refractivity contribution in [2.45, 2.75) is 9.79 Å². The normalized spacial score (nSPS) is 10.3. The molecule has 102 valence electrons. The summed E-state index contributed by atoms with van der Waals surface area (Å²) in [6, 6.07) is 17.2. The quantitative estimate of drug-likeness (QED) is 0.759. The van der Waals surface area contributed by atoms with Crippen molar-refractivity contribution in [1.82, 2.24) is 10.2 Å². The van der Waals surface area contributed by atoms with Gasteiger partial charge in [-0.2, -0.15) is 10.4 Å². The Bertz CT molecular complexity index is 786. The van der Waals surface area contributed by atoms with E-state index < -0.39 is 0 Å². The minimum Gasteiger partial charge on any atom is -0.277 e. The van der Waals surface area contributed by atoms with E-state index in [1.807, 2.05) is 36.4 Å². The third-order valence-corrected chi connectivity index (χ3v) is 4.24. The third-order valence-electron chi connectivity index (χ3n) is 2.95. The van der Waals surface area contributed by atoms with E-state index in [2.05, 4.69) is 16.3 Å². The summed E-state index contributed by atoms with van der Waals surface area (Å²) >= 11 is 7.51. The summed E-state index contributed by atoms with van der Waals surface area (Å²) in [4.78, 5) is 2.12. The highest BCUT2D eigenvalue weighted by atomic mass is 35.5. The predicted octanol–water partition coefficient (Wildman–Crippen LogP) is 4.75. The molecule has 3 nitrogen and oxygen atoms in total. The molecule has 3 aromatic rings. The summed E-state index contributed by atoms with van der Waals surface area (Å²) in [5.41, 5.74) is 2.59. The number of nitrogens with zero attached hydrogens (tertiary/aromatic N) is 2. The van der Waals surface area contributed by atoms with Crippen LogP contribution in [0.1, 0.15) is 5.56 Å². The van der Waals surface area contributed by atoms with Crippen LogP contribution in [0.3, 0.4) is 0 Å². The highest BCUT2D eigenvalue weighted by Crippen LogP contribution is 2.34. The molecule has 21 heavy (non-hydrogen) atoms. The van der Waals surface area contributed by atoms with Gasteiger partial charge in [0.05, 0.1) is 28.4 Å². The number of hydrogen-bond acceptors (Lipinski definition) is 3. The Labute approximate surface area is 131 Å². The van der Waals surface area contributed by atoms with E-state index in [4.69, 9.17) is 16.9 Å². The van der Waals surface area contributed by atoms with Crippen molar-refractivity contribution in [2.24, 2.45) is 0 Å². The van der Waals surface area contributed by atoms with Crippen LogP contribution in [0.2, 0.25) is 5.02 Å². The van der Waals surface area contributed by atoms with Crippen LogP contribution in [0, 0.1) is 11.3 Å². The van der Waals surface area contributed by atoms with Crippen molar-refractivity contribution >= 4 is 23.4 Å². The molecular weight excluding hydrogens is 302 g/mol. The molecule has 1 aromatic heterocycles. The summed E-state index contributed by atoms with van der Waals surface area (Å²) in [6.07, 6.45) is 1.80. The van der Waals surface area contributed by atoms with Crippen LogP contribution >= 0.6 is 23.4 Å². The first kappa shape index (κ1) is 13.7. The van der Waals surface area contributed by atoms with E-state index in [1.165, 1.54) is 0 Å². The average molecular weight is 312 g/mol. The number of H-pyrrole nitrogens is 1. The molecule has 0 fully saturated rings. The second-order valence-corrected chi connectivity index (χ2v) is 5.91. The van der Waals surface area contributed by atoms with Gasteiger partial charge in [0.15, 0.2) is 0 Å². The van der Waals surface area contributed by atoms with Crippen molar-refractivity contribution in [3.8, 4) is 17.3 Å². The topological polar surface area (TPSA) is 52.5 Å². The molecule has 0 bridgehead atoms. The van der Waals surface area contributed by atoms with E-state index >= 15 is 0 Å². The fourth-order valence-electron chi connectivity index (χ4n) is 1.90. The van der Waals surface area contributed by atoms with Gasteiger partial charge in [-0.25, -0.2) is 0 Å². The van der Waals surface area contributed by atoms with Crippen molar-refractivity contribution in [3.05, 3.63) is 65.3 Å². The van der Waals surface area contributed by atoms with Crippen LogP contribution in [0.5, 0.6) is 0 Å². The van der Waals surface area contributed by atoms with E-state index in [0.29, 0.717) is 5.56 Å². The van der Waals surface area contributed by atoms with Gasteiger partial charge >= 0.3 is 0 Å². The van der Waals surface area contributed by atoms with E-state index in [0.717, 1.165) is 26.1 Å². The van der Waals surface area contributed by atoms with Gasteiger partial charge in [-0.1, -0.05) is 35.5 Å². The number of halogens is 1. The Kier molecular flexibility index (Phi) is 3.96. The number of nitriles is 1. The monoisotopic (exact) mass is 311 g/mol. The van der Waals surface area contributed by atoms with Gasteiger partial charge in [0, 0.05) is 15.5 Å². The van der Waals surface area contributed by atoms with Crippen molar-refractivity contribution in [3.63, 3.8) is 0 Å². The Hall–Kier alpha value is -2.22. The lowest BCUT2D eigenvalue weighted by molar-refractivity contribution is 1.10. The molecule has 0 unspecified atom stereocenters. The lowest BCUT2D eigenvalue weighted by Gasteiger charge is -2.04. The fraction of sp³-hybridized carbons (Fsp3) is 0. The Morgan fingerprint density at radius 2 is 1.76 bits per heavy atom. The second-order valence-electron chi connectivity index (χ2n) is 4.35. The van der Waals surface area contributed by atoms with Crippen molar-refractivity contribution in [2.75, 3.05) is 0 Å². The summed E-state index contributed by atoms with van der Waals surface area (Å²) in [5, 5.41) is 16.7. The molecule has 2 aromatic carbocycles. The molecule has 0 aliphatic heterocycles. The average Bonchev–Trinajstić information content (AvgIpc) is 2.98. The molecule has 0 atom stereocenters. The van der Waals surface area contributed by atoms with Gasteiger partial charge in [0.2, 0.25) is 0 Å². The number of aromatic amines is 1. The minimum atomic E-state index is 0.644. The highest BCUT2D eigenvalue weighted by Gasteiger charge is 2.09. The summed E-state index contributed by atoms with van der Waals surface area (Å²) in [5.74, 6) is 0. The first-order valence-electron chi connectivity index (χ1n) is 6.23. The number of nitrogens with one attached hydrogen (secondary N) is 1. The zero-order valence-corrected chi connectivity index (χ0v) is 12.4. The number of benzene rings is 2. The van der Waals surface area contributed by atoms with Crippen LogP contribution in [0.15, 0.2) is 64.5 Å². The Morgan fingerprint density at radius 3 is 2.43 bits per heavy atom. The fourth-order valence-corrected chi connectivity index (χ4v) is 2.92. The van der Waals surface area contributed by atoms with Crippen LogP contribution < -0.4 is 0 Å². The third kappa shape index (κ3) is 3.10. The van der Waals surface area contributed by atoms with Crippen LogP contribution in [0.25, 0.3) is 11.3 Å². The molecule has 1 heterocycles. The van der Waals surface area contributed by atoms with Crippen LogP contribution in [-0.2, 0) is 0 Å². The minimum absolute atomic E-state index is 0.644. The maximum Gasteiger partial charge on any atom is 0.0991 e. The number of hydrogen-bond donors (Lipinski definition) is 1. The molecule has 0 amide bonds. The standard InChI is InChI=1S/C16H10ClN3S/c17-13-5-7-14(8-6-13)21-15-10-19-20-16(15)12-3-1-11(9-18)2-4-12/h1-8,10H,(H,19,20). The molecule has 0 saturated heterocycles. The SMILES string of the molecule is N#Cc1ccc(-c2[nH]ncc2Sc2ccc(Cl)cc2)cc1. The molecule has 0 aliphatic rings. The molecule has 0 aliphatic carbocycles. The summed E-state index contributed by atoms with van der Waals surface area (Å²) in [7, 11) is 0. The predicted molar refractivity (Wildman–Crippen MR) is 84.3 cm³/mol. The smallest absolute Gasteiger partial charge is 0.0991 e. The van der Waals surface area contributed by atoms with Gasteiger partial charge in [0.25, 0.3) is 0 Å². The molecule has 1 N–H and O–H groups in total. The zero-order valence-electron chi connectivity index (χ0n) is 10.9. The molecule has 3 rings (SSSR count). The molecular formula is C16H10ClN3S. The maximum atomic E-state index is 8.85. The Balaban J connectivity index is 1.89. The zero-order chi connectivity index (χ0) is 14.7. The van der Waals surface area contributed by atoms with Gasteiger partial charge in [-0.05, 0) is 36.4 Å². The van der Waals surface area contributed by atoms with Gasteiger partial charge in [-0.3, -0.25) is 5.10 Å². The van der Waals surface area contributed by atoms with Crippen molar-refractivity contribution in [1.29, 1.82) is 5.26 Å². The first-order valence-corrected chi connectivity index (χ1v) is 7.43. The van der Waals surface area contributed by atoms with Gasteiger partial charge < -0.3 is 0 Å². The molecule has 0 spiro atoms. The van der Waals surface area contributed by atoms with E-state index in [9.17, 15) is 0 Å². The first-order chi connectivity index (χ1) is 10.3. The lowest BCUT2D eigenvalue weighted by atomic mass is 10.1. The number of aromatic nitrogens is 2. The van der Waals surface area contributed by atoms with Gasteiger partial charge in [0.1, 0.15) is 0 Å². The summed E-state index contributed by atoms with van der Waals surface area (Å²) < 4.78 is 0. The largest absolute Gasteiger partial charge is 0.277 e. The van der Waals surface area contributed by atoms with E-state index in [1.54, 1.807) is 30.1 Å². The van der Waals surface area contributed by atoms with Crippen LogP contribution in [0.4, 0.5) is 0 Å². The van der Waals surface area contributed by atoms with Gasteiger partial charge in [-0.15, -0.1) is 0 Å². The molecule has 0 saturated carbocycles. The maximum absolute atomic E-state index is 8.85. The van der Waals surface area contributed by atoms with Crippen LogP contribution in [-0.4, -0.2) is 10.2 Å². The summed E-state index contributed by atoms with van der Waals surface area (Å²) in [6.45, 7) is 0. The van der Waals surface area contributed by atoms with Crippen molar-refractivity contribution < 1.29 is 0 Å². The molecule has 5 heteroatoms.